The Morgan fingerprint density at radius 3 is 2.91 bits per heavy atom. The van der Waals surface area contributed by atoms with E-state index in [0.717, 1.165) is 17.8 Å². The minimum absolute atomic E-state index is 0.682. The molecule has 1 aliphatic carbocycles. The molecular weight excluding hydrogens is 306 g/mol. The Kier molecular flexibility index (Phi) is 2.72. The SMILES string of the molecule is c1cnn(Cc2ccc3c(c2)-c2[nH]nc(-c4ccsc4)c2C3)n1. The van der Waals surface area contributed by atoms with E-state index in [1.807, 2.05) is 0 Å². The first-order valence-electron chi connectivity index (χ1n) is 7.44. The molecule has 1 aromatic carbocycles. The van der Waals surface area contributed by atoms with E-state index >= 15 is 0 Å². The number of nitrogens with one attached hydrogen (secondary N) is 1. The summed E-state index contributed by atoms with van der Waals surface area (Å²) in [4.78, 5) is 1.70. The highest BCUT2D eigenvalue weighted by Crippen LogP contribution is 2.40. The van der Waals surface area contributed by atoms with Gasteiger partial charge in [-0.25, -0.2) is 0 Å². The molecule has 0 radical (unpaired) electrons. The van der Waals surface area contributed by atoms with Crippen molar-refractivity contribution in [2.45, 2.75) is 13.0 Å². The number of aromatic nitrogens is 5. The molecule has 0 saturated heterocycles. The molecule has 6 heteroatoms. The van der Waals surface area contributed by atoms with Crippen molar-refractivity contribution in [3.8, 4) is 22.5 Å². The first kappa shape index (κ1) is 12.8. The third-order valence-corrected chi connectivity index (χ3v) is 4.95. The van der Waals surface area contributed by atoms with E-state index < -0.39 is 0 Å². The highest BCUT2D eigenvalue weighted by molar-refractivity contribution is 7.08. The zero-order valence-electron chi connectivity index (χ0n) is 12.2. The van der Waals surface area contributed by atoms with Gasteiger partial charge >= 0.3 is 0 Å². The second kappa shape index (κ2) is 4.89. The van der Waals surface area contributed by atoms with Crippen LogP contribution in [0.2, 0.25) is 0 Å². The normalized spacial score (nSPS) is 12.3. The quantitative estimate of drug-likeness (QED) is 0.555. The highest BCUT2D eigenvalue weighted by Gasteiger charge is 2.25. The summed E-state index contributed by atoms with van der Waals surface area (Å²) in [6.07, 6.45) is 4.34. The maximum absolute atomic E-state index is 4.54. The van der Waals surface area contributed by atoms with Gasteiger partial charge in [0, 0.05) is 28.5 Å². The Balaban J connectivity index is 1.55. The summed E-state index contributed by atoms with van der Waals surface area (Å²) in [5.74, 6) is 0. The lowest BCUT2D eigenvalue weighted by molar-refractivity contribution is 0.591. The summed E-state index contributed by atoms with van der Waals surface area (Å²) in [5, 5.41) is 20.4. The van der Waals surface area contributed by atoms with Gasteiger partial charge in [-0.3, -0.25) is 5.10 Å². The molecule has 4 aromatic rings. The van der Waals surface area contributed by atoms with Gasteiger partial charge in [0.2, 0.25) is 0 Å². The molecule has 1 aliphatic rings. The lowest BCUT2D eigenvalue weighted by Gasteiger charge is -2.04. The minimum Gasteiger partial charge on any atom is -0.277 e. The van der Waals surface area contributed by atoms with Crippen LogP contribution in [-0.4, -0.2) is 25.2 Å². The van der Waals surface area contributed by atoms with Crippen LogP contribution in [0.5, 0.6) is 0 Å². The molecule has 0 amide bonds. The standard InChI is InChI=1S/C17H13N5S/c1-2-12-8-15-16(13-3-6-23-10-13)20-21-17(15)14(12)7-11(1)9-22-18-4-5-19-22/h1-7,10H,8-9H2,(H,20,21). The van der Waals surface area contributed by atoms with E-state index in [4.69, 9.17) is 0 Å². The number of hydrogen-bond donors (Lipinski definition) is 1. The summed E-state index contributed by atoms with van der Waals surface area (Å²) >= 11 is 1.70. The molecule has 0 unspecified atom stereocenters. The third-order valence-electron chi connectivity index (χ3n) is 4.26. The molecule has 112 valence electrons. The van der Waals surface area contributed by atoms with Crippen LogP contribution >= 0.6 is 11.3 Å². The Hall–Kier alpha value is -2.73. The van der Waals surface area contributed by atoms with Crippen LogP contribution in [0.1, 0.15) is 16.7 Å². The van der Waals surface area contributed by atoms with Crippen LogP contribution in [-0.2, 0) is 13.0 Å². The molecule has 5 nitrogen and oxygen atoms in total. The lowest BCUT2D eigenvalue weighted by Crippen LogP contribution is -2.03. The maximum atomic E-state index is 4.54. The van der Waals surface area contributed by atoms with Gasteiger partial charge in [0.05, 0.1) is 30.3 Å². The topological polar surface area (TPSA) is 59.4 Å². The first-order chi connectivity index (χ1) is 11.4. The zero-order valence-corrected chi connectivity index (χ0v) is 13.0. The molecule has 3 heterocycles. The smallest absolute Gasteiger partial charge is 0.0970 e. The number of nitrogens with zero attached hydrogens (tertiary/aromatic N) is 4. The van der Waals surface area contributed by atoms with Gasteiger partial charge in [-0.2, -0.15) is 31.4 Å². The van der Waals surface area contributed by atoms with Crippen LogP contribution in [0.25, 0.3) is 22.5 Å². The summed E-state index contributed by atoms with van der Waals surface area (Å²) < 4.78 is 0. The first-order valence-corrected chi connectivity index (χ1v) is 8.39. The zero-order chi connectivity index (χ0) is 15.2. The second-order valence-corrected chi connectivity index (χ2v) is 6.45. The van der Waals surface area contributed by atoms with E-state index in [1.165, 1.54) is 27.8 Å². The average molecular weight is 319 g/mol. The number of H-pyrrole nitrogens is 1. The largest absolute Gasteiger partial charge is 0.277 e. The fraction of sp³-hybridized carbons (Fsp3) is 0.118. The molecule has 0 bridgehead atoms. The summed E-state index contributed by atoms with van der Waals surface area (Å²) in [7, 11) is 0. The molecule has 0 atom stereocenters. The predicted octanol–water partition coefficient (Wildman–Crippen LogP) is 3.35. The van der Waals surface area contributed by atoms with E-state index in [1.54, 1.807) is 28.5 Å². The number of rotatable bonds is 3. The number of thiophene rings is 1. The average Bonchev–Trinajstić information content (AvgIpc) is 3.32. The Bertz CT molecular complexity index is 967. The molecule has 5 rings (SSSR count). The minimum atomic E-state index is 0.682. The van der Waals surface area contributed by atoms with Gasteiger partial charge in [0.15, 0.2) is 0 Å². The number of fused-ring (bicyclic) bond motifs is 3. The number of benzene rings is 1. The van der Waals surface area contributed by atoms with Crippen LogP contribution in [0.15, 0.2) is 47.4 Å². The van der Waals surface area contributed by atoms with E-state index in [0.29, 0.717) is 6.54 Å². The summed E-state index contributed by atoms with van der Waals surface area (Å²) in [6.45, 7) is 0.682. The molecule has 23 heavy (non-hydrogen) atoms. The van der Waals surface area contributed by atoms with Gasteiger partial charge in [-0.1, -0.05) is 12.1 Å². The van der Waals surface area contributed by atoms with Crippen LogP contribution in [0, 0.1) is 0 Å². The highest BCUT2D eigenvalue weighted by atomic mass is 32.1. The molecule has 0 spiro atoms. The molecule has 0 aliphatic heterocycles. The molecule has 0 fully saturated rings. The van der Waals surface area contributed by atoms with Gasteiger partial charge < -0.3 is 0 Å². The van der Waals surface area contributed by atoms with Crippen molar-refractivity contribution in [3.63, 3.8) is 0 Å². The van der Waals surface area contributed by atoms with Gasteiger partial charge in [-0.05, 0) is 28.6 Å². The lowest BCUT2D eigenvalue weighted by atomic mass is 10.1. The van der Waals surface area contributed by atoms with E-state index in [-0.39, 0.29) is 0 Å². The summed E-state index contributed by atoms with van der Waals surface area (Å²) in [5.41, 5.74) is 8.51. The summed E-state index contributed by atoms with van der Waals surface area (Å²) in [6, 6.07) is 8.71. The second-order valence-electron chi connectivity index (χ2n) is 5.67. The Labute approximate surface area is 136 Å². The van der Waals surface area contributed by atoms with Gasteiger partial charge in [0.1, 0.15) is 0 Å². The van der Waals surface area contributed by atoms with Gasteiger partial charge in [-0.15, -0.1) is 0 Å². The third kappa shape index (κ3) is 2.03. The van der Waals surface area contributed by atoms with Crippen molar-refractivity contribution in [2.24, 2.45) is 0 Å². The Morgan fingerprint density at radius 1 is 1.17 bits per heavy atom. The van der Waals surface area contributed by atoms with Crippen LogP contribution in [0.3, 0.4) is 0 Å². The predicted molar refractivity (Wildman–Crippen MR) is 89.3 cm³/mol. The van der Waals surface area contributed by atoms with Crippen molar-refractivity contribution in [3.05, 3.63) is 64.1 Å². The van der Waals surface area contributed by atoms with Crippen molar-refractivity contribution in [1.29, 1.82) is 0 Å². The molecule has 0 saturated carbocycles. The van der Waals surface area contributed by atoms with Crippen molar-refractivity contribution >= 4 is 11.3 Å². The fourth-order valence-corrected chi connectivity index (χ4v) is 3.83. The monoisotopic (exact) mass is 319 g/mol. The van der Waals surface area contributed by atoms with Crippen molar-refractivity contribution in [2.75, 3.05) is 0 Å². The number of aromatic amines is 1. The van der Waals surface area contributed by atoms with Gasteiger partial charge in [0.25, 0.3) is 0 Å². The Morgan fingerprint density at radius 2 is 2.09 bits per heavy atom. The number of hydrogen-bond acceptors (Lipinski definition) is 4. The molecular formula is C17H13N5S. The van der Waals surface area contributed by atoms with Crippen molar-refractivity contribution in [1.82, 2.24) is 25.2 Å². The maximum Gasteiger partial charge on any atom is 0.0970 e. The van der Waals surface area contributed by atoms with E-state index in [9.17, 15) is 0 Å². The molecule has 1 N–H and O–H groups in total. The van der Waals surface area contributed by atoms with Crippen molar-refractivity contribution < 1.29 is 0 Å². The van der Waals surface area contributed by atoms with Crippen LogP contribution in [0.4, 0.5) is 0 Å². The van der Waals surface area contributed by atoms with E-state index in [2.05, 4.69) is 55.4 Å². The molecule has 3 aromatic heterocycles. The fourth-order valence-electron chi connectivity index (χ4n) is 3.19. The van der Waals surface area contributed by atoms with Crippen LogP contribution < -0.4 is 0 Å².